The molecule has 1 aromatic rings. The first-order valence-corrected chi connectivity index (χ1v) is 3.43. The Morgan fingerprint density at radius 3 is 2.82 bits per heavy atom. The highest BCUT2D eigenvalue weighted by Crippen LogP contribution is 2.20. The lowest BCUT2D eigenvalue weighted by atomic mass is 10.4. The Hall–Kier alpha value is -1.26. The summed E-state index contributed by atoms with van der Waals surface area (Å²) in [6.45, 7) is 0. The SMILES string of the molecule is C[N+]1(N)C=Cc2ccc(N)n21. The molecule has 2 heterocycles. The first-order chi connectivity index (χ1) is 5.11. The fourth-order valence-corrected chi connectivity index (χ4v) is 1.38. The summed E-state index contributed by atoms with van der Waals surface area (Å²) in [6.07, 6.45) is 3.84. The molecule has 0 fully saturated rings. The summed E-state index contributed by atoms with van der Waals surface area (Å²) in [5, 5.41) is 0. The molecule has 2 rings (SSSR count). The predicted octanol–water partition coefficient (Wildman–Crippen LogP) is -0.00300. The Morgan fingerprint density at radius 1 is 1.45 bits per heavy atom. The molecule has 0 amide bonds. The second kappa shape index (κ2) is 1.66. The van der Waals surface area contributed by atoms with E-state index in [0.717, 1.165) is 5.69 Å². The number of fused-ring (bicyclic) bond motifs is 1. The van der Waals surface area contributed by atoms with Gasteiger partial charge in [0.1, 0.15) is 18.9 Å². The van der Waals surface area contributed by atoms with Gasteiger partial charge in [-0.25, -0.2) is 0 Å². The lowest BCUT2D eigenvalue weighted by Gasteiger charge is -2.21. The molecular formula is C7H11N4+. The minimum absolute atomic E-state index is 0.189. The molecule has 1 unspecified atom stereocenters. The third-order valence-electron chi connectivity index (χ3n) is 1.89. The van der Waals surface area contributed by atoms with Crippen LogP contribution in [-0.4, -0.2) is 11.7 Å². The van der Waals surface area contributed by atoms with E-state index in [1.807, 2.05) is 36.1 Å². The van der Waals surface area contributed by atoms with Gasteiger partial charge in [0.25, 0.3) is 0 Å². The number of quaternary nitrogens is 1. The van der Waals surface area contributed by atoms with E-state index in [0.29, 0.717) is 5.82 Å². The molecule has 11 heavy (non-hydrogen) atoms. The maximum absolute atomic E-state index is 5.87. The molecule has 4 nitrogen and oxygen atoms in total. The van der Waals surface area contributed by atoms with E-state index in [4.69, 9.17) is 11.6 Å². The normalized spacial score (nSPS) is 27.5. The molecular weight excluding hydrogens is 140 g/mol. The van der Waals surface area contributed by atoms with Crippen LogP contribution in [0.3, 0.4) is 0 Å². The van der Waals surface area contributed by atoms with E-state index in [1.54, 1.807) is 0 Å². The second-order valence-electron chi connectivity index (χ2n) is 2.91. The Bertz CT molecular complexity index is 321. The molecule has 0 spiro atoms. The fraction of sp³-hybridized carbons (Fsp3) is 0.143. The molecule has 0 aromatic carbocycles. The molecule has 58 valence electrons. The number of aromatic nitrogens is 1. The molecule has 4 heteroatoms. The molecule has 0 aliphatic carbocycles. The molecule has 0 saturated carbocycles. The Morgan fingerprint density at radius 2 is 2.18 bits per heavy atom. The number of nitrogens with two attached hydrogens (primary N) is 2. The number of nitrogens with zero attached hydrogens (tertiary/aromatic N) is 2. The van der Waals surface area contributed by atoms with Gasteiger partial charge in [-0.15, -0.1) is 4.70 Å². The van der Waals surface area contributed by atoms with Crippen molar-refractivity contribution in [2.45, 2.75) is 0 Å². The average molecular weight is 151 g/mol. The largest absolute Gasteiger partial charge is 0.381 e. The second-order valence-corrected chi connectivity index (χ2v) is 2.91. The quantitative estimate of drug-likeness (QED) is 0.405. The van der Waals surface area contributed by atoms with Crippen molar-refractivity contribution in [3.63, 3.8) is 0 Å². The van der Waals surface area contributed by atoms with Crippen molar-refractivity contribution in [1.29, 1.82) is 0 Å². The van der Waals surface area contributed by atoms with Crippen molar-refractivity contribution in [3.05, 3.63) is 24.0 Å². The standard InChI is InChI=1S/C7H11N4/c1-11(9)5-4-6-2-3-7(8)10(6)11/h2-5H,8-9H2,1H3/q+1. The maximum Gasteiger partial charge on any atom is 0.157 e. The lowest BCUT2D eigenvalue weighted by molar-refractivity contribution is 0.265. The summed E-state index contributed by atoms with van der Waals surface area (Å²) in [6, 6.07) is 3.80. The Kier molecular flexibility index (Phi) is 0.976. The van der Waals surface area contributed by atoms with Crippen LogP contribution >= 0.6 is 0 Å². The van der Waals surface area contributed by atoms with Crippen LogP contribution in [0.15, 0.2) is 18.3 Å². The Labute approximate surface area is 64.8 Å². The van der Waals surface area contributed by atoms with Crippen LogP contribution in [0.5, 0.6) is 0 Å². The lowest BCUT2D eigenvalue weighted by Crippen LogP contribution is -2.54. The highest BCUT2D eigenvalue weighted by Gasteiger charge is 2.26. The van der Waals surface area contributed by atoms with Gasteiger partial charge in [-0.05, 0) is 12.1 Å². The number of hydrogen-bond donors (Lipinski definition) is 2. The van der Waals surface area contributed by atoms with Gasteiger partial charge in [0.2, 0.25) is 0 Å². The van der Waals surface area contributed by atoms with Gasteiger partial charge in [0, 0.05) is 6.08 Å². The number of hydrogen-bond acceptors (Lipinski definition) is 2. The summed E-state index contributed by atoms with van der Waals surface area (Å²) < 4.78 is 2.04. The fourth-order valence-electron chi connectivity index (χ4n) is 1.38. The molecule has 0 radical (unpaired) electrons. The summed E-state index contributed by atoms with van der Waals surface area (Å²) >= 11 is 0. The van der Waals surface area contributed by atoms with E-state index < -0.39 is 0 Å². The predicted molar refractivity (Wildman–Crippen MR) is 45.5 cm³/mol. The minimum Gasteiger partial charge on any atom is -0.381 e. The van der Waals surface area contributed by atoms with E-state index >= 15 is 0 Å². The molecule has 0 saturated heterocycles. The van der Waals surface area contributed by atoms with Crippen LogP contribution in [0.2, 0.25) is 0 Å². The number of rotatable bonds is 0. The van der Waals surface area contributed by atoms with E-state index in [1.165, 1.54) is 0 Å². The van der Waals surface area contributed by atoms with Gasteiger partial charge >= 0.3 is 0 Å². The maximum atomic E-state index is 5.87. The zero-order chi connectivity index (χ0) is 8.06. The van der Waals surface area contributed by atoms with Crippen LogP contribution in [0.4, 0.5) is 5.82 Å². The van der Waals surface area contributed by atoms with Gasteiger partial charge in [0.15, 0.2) is 5.82 Å². The highest BCUT2D eigenvalue weighted by atomic mass is 15.8. The van der Waals surface area contributed by atoms with Crippen LogP contribution in [0.1, 0.15) is 5.69 Å². The van der Waals surface area contributed by atoms with Gasteiger partial charge in [-0.1, -0.05) is 0 Å². The zero-order valence-corrected chi connectivity index (χ0v) is 6.36. The van der Waals surface area contributed by atoms with Crippen molar-refractivity contribution in [2.75, 3.05) is 12.8 Å². The number of anilines is 1. The molecule has 1 aromatic heterocycles. The van der Waals surface area contributed by atoms with E-state index in [-0.39, 0.29) is 4.70 Å². The molecule has 1 atom stereocenters. The third kappa shape index (κ3) is 0.704. The highest BCUT2D eigenvalue weighted by molar-refractivity contribution is 5.56. The molecule has 1 aliphatic heterocycles. The van der Waals surface area contributed by atoms with Crippen LogP contribution in [-0.2, 0) is 0 Å². The summed E-state index contributed by atoms with van der Waals surface area (Å²) in [7, 11) is 1.86. The van der Waals surface area contributed by atoms with Crippen molar-refractivity contribution in [2.24, 2.45) is 5.84 Å². The van der Waals surface area contributed by atoms with Crippen LogP contribution in [0, 0.1) is 0 Å². The zero-order valence-electron chi connectivity index (χ0n) is 6.36. The van der Waals surface area contributed by atoms with Crippen LogP contribution in [0.25, 0.3) is 6.08 Å². The van der Waals surface area contributed by atoms with Crippen LogP contribution < -0.4 is 16.3 Å². The summed E-state index contributed by atoms with van der Waals surface area (Å²) in [5.41, 5.74) is 6.74. The molecule has 0 bridgehead atoms. The molecule has 4 N–H and O–H groups in total. The smallest absolute Gasteiger partial charge is 0.157 e. The topological polar surface area (TPSA) is 57.0 Å². The first-order valence-electron chi connectivity index (χ1n) is 3.43. The van der Waals surface area contributed by atoms with Crippen molar-refractivity contribution >= 4 is 11.9 Å². The third-order valence-corrected chi connectivity index (χ3v) is 1.89. The van der Waals surface area contributed by atoms with Gasteiger partial charge in [-0.3, -0.25) is 0 Å². The van der Waals surface area contributed by atoms with Crippen molar-refractivity contribution in [3.8, 4) is 0 Å². The van der Waals surface area contributed by atoms with Crippen molar-refractivity contribution < 1.29 is 0 Å². The van der Waals surface area contributed by atoms with Gasteiger partial charge in [0.05, 0.1) is 0 Å². The summed E-state index contributed by atoms with van der Waals surface area (Å²) in [5.74, 6) is 6.56. The minimum atomic E-state index is 0.189. The van der Waals surface area contributed by atoms with E-state index in [9.17, 15) is 0 Å². The number of nitrogen functional groups attached to an aromatic ring is 1. The van der Waals surface area contributed by atoms with E-state index in [2.05, 4.69) is 0 Å². The first kappa shape index (κ1) is 6.45. The molecule has 1 aliphatic rings. The Balaban J connectivity index is 2.68. The average Bonchev–Trinajstić information content (AvgIpc) is 2.38. The monoisotopic (exact) mass is 151 g/mol. The van der Waals surface area contributed by atoms with Gasteiger partial charge in [-0.2, -0.15) is 10.5 Å². The van der Waals surface area contributed by atoms with Crippen molar-refractivity contribution in [1.82, 2.24) is 9.38 Å². The van der Waals surface area contributed by atoms with Gasteiger partial charge < -0.3 is 5.73 Å². The summed E-state index contributed by atoms with van der Waals surface area (Å²) in [4.78, 5) is 0.